The molecular weight excluding hydrogens is 258 g/mol. The molecule has 0 unspecified atom stereocenters. The molecule has 0 aromatic carbocycles. The highest BCUT2D eigenvalue weighted by Crippen LogP contribution is 2.30. The van der Waals surface area contributed by atoms with Crippen molar-refractivity contribution < 1.29 is 4.79 Å². The summed E-state index contributed by atoms with van der Waals surface area (Å²) in [6.07, 6.45) is 1.07. The van der Waals surface area contributed by atoms with Crippen molar-refractivity contribution in [2.45, 2.75) is 34.1 Å². The summed E-state index contributed by atoms with van der Waals surface area (Å²) in [5.74, 6) is 0.0945. The van der Waals surface area contributed by atoms with Crippen LogP contribution < -0.4 is 5.32 Å². The number of hydrogen-bond donors (Lipinski definition) is 2. The first-order chi connectivity index (χ1) is 9.04. The number of aromatic nitrogens is 2. The summed E-state index contributed by atoms with van der Waals surface area (Å²) in [7, 11) is 0. The molecule has 2 aromatic rings. The van der Waals surface area contributed by atoms with Crippen molar-refractivity contribution in [3.05, 3.63) is 22.2 Å². The smallest absolute Gasteiger partial charge is 0.183 e. The van der Waals surface area contributed by atoms with E-state index in [4.69, 9.17) is 0 Å². The summed E-state index contributed by atoms with van der Waals surface area (Å²) < 4.78 is 0. The Hall–Kier alpha value is -1.62. The van der Waals surface area contributed by atoms with Crippen molar-refractivity contribution in [3.8, 4) is 11.4 Å². The summed E-state index contributed by atoms with van der Waals surface area (Å²) in [6, 6.07) is 0. The largest absolute Gasteiger partial charge is 0.362 e. The van der Waals surface area contributed by atoms with E-state index < -0.39 is 0 Å². The lowest BCUT2D eigenvalue weighted by Crippen LogP contribution is -1.98. The quantitative estimate of drug-likeness (QED) is 0.818. The molecule has 102 valence electrons. The number of Topliss-reactive ketones (excluding diaryl/α,β-unsaturated/α-hetero) is 1. The van der Waals surface area contributed by atoms with Crippen molar-refractivity contribution >= 4 is 22.3 Å². The first-order valence-electron chi connectivity index (χ1n) is 6.44. The Labute approximate surface area is 117 Å². The number of H-pyrrole nitrogens is 1. The second-order valence-corrected chi connectivity index (χ2v) is 5.50. The second kappa shape index (κ2) is 5.57. The van der Waals surface area contributed by atoms with Gasteiger partial charge in [-0.05, 0) is 32.8 Å². The molecule has 0 aliphatic heterocycles. The predicted octanol–water partition coefficient (Wildman–Crippen LogP) is 3.78. The van der Waals surface area contributed by atoms with E-state index >= 15 is 0 Å². The molecule has 0 aliphatic rings. The summed E-state index contributed by atoms with van der Waals surface area (Å²) in [4.78, 5) is 19.5. The number of rotatable bonds is 5. The van der Waals surface area contributed by atoms with Gasteiger partial charge in [-0.15, -0.1) is 11.3 Å². The number of aryl methyl sites for hydroxylation is 1. The molecule has 0 saturated carbocycles. The molecule has 2 aromatic heterocycles. The fourth-order valence-corrected chi connectivity index (χ4v) is 2.97. The Morgan fingerprint density at radius 2 is 2.21 bits per heavy atom. The van der Waals surface area contributed by atoms with E-state index in [-0.39, 0.29) is 5.78 Å². The summed E-state index contributed by atoms with van der Waals surface area (Å²) in [6.45, 7) is 8.54. The lowest BCUT2D eigenvalue weighted by atomic mass is 10.1. The van der Waals surface area contributed by atoms with Gasteiger partial charge in [0, 0.05) is 23.2 Å². The normalized spacial score (nSPS) is 10.7. The molecular formula is C14H19N3OS. The number of anilines is 1. The minimum Gasteiger partial charge on any atom is -0.362 e. The van der Waals surface area contributed by atoms with Gasteiger partial charge in [-0.2, -0.15) is 0 Å². The van der Waals surface area contributed by atoms with Crippen LogP contribution in [0, 0.1) is 13.8 Å². The van der Waals surface area contributed by atoms with E-state index in [2.05, 4.69) is 22.2 Å². The zero-order valence-corrected chi connectivity index (χ0v) is 12.6. The number of ketones is 1. The number of thiazole rings is 1. The van der Waals surface area contributed by atoms with Crippen LogP contribution in [0.1, 0.15) is 41.9 Å². The number of carbonyl (C=O) groups is 1. The Kier molecular flexibility index (Phi) is 4.04. The lowest BCUT2D eigenvalue weighted by Gasteiger charge is -1.98. The maximum Gasteiger partial charge on any atom is 0.183 e. The fourth-order valence-electron chi connectivity index (χ4n) is 2.24. The highest BCUT2D eigenvalue weighted by atomic mass is 32.1. The van der Waals surface area contributed by atoms with Gasteiger partial charge in [-0.25, -0.2) is 4.98 Å². The van der Waals surface area contributed by atoms with Gasteiger partial charge in [0.05, 0.1) is 5.69 Å². The van der Waals surface area contributed by atoms with E-state index in [0.29, 0.717) is 0 Å². The molecule has 0 amide bonds. The number of nitrogens with one attached hydrogen (secondary N) is 2. The zero-order valence-electron chi connectivity index (χ0n) is 11.8. The third kappa shape index (κ3) is 2.71. The van der Waals surface area contributed by atoms with Crippen molar-refractivity contribution in [2.24, 2.45) is 0 Å². The summed E-state index contributed by atoms with van der Waals surface area (Å²) in [5, 5.41) is 6.21. The molecule has 0 radical (unpaired) electrons. The van der Waals surface area contributed by atoms with Crippen molar-refractivity contribution in [3.63, 3.8) is 0 Å². The first-order valence-corrected chi connectivity index (χ1v) is 7.32. The van der Waals surface area contributed by atoms with E-state index in [1.165, 1.54) is 0 Å². The molecule has 0 saturated heterocycles. The van der Waals surface area contributed by atoms with Crippen LogP contribution in [0.5, 0.6) is 0 Å². The van der Waals surface area contributed by atoms with Gasteiger partial charge in [0.15, 0.2) is 10.9 Å². The Balaban J connectivity index is 2.34. The van der Waals surface area contributed by atoms with E-state index in [0.717, 1.165) is 46.3 Å². The van der Waals surface area contributed by atoms with Gasteiger partial charge >= 0.3 is 0 Å². The van der Waals surface area contributed by atoms with Gasteiger partial charge < -0.3 is 10.3 Å². The van der Waals surface area contributed by atoms with Crippen LogP contribution in [0.2, 0.25) is 0 Å². The summed E-state index contributed by atoms with van der Waals surface area (Å²) >= 11 is 1.59. The van der Waals surface area contributed by atoms with Crippen LogP contribution in [-0.2, 0) is 0 Å². The minimum absolute atomic E-state index is 0.0945. The van der Waals surface area contributed by atoms with Crippen LogP contribution in [-0.4, -0.2) is 22.3 Å². The Morgan fingerprint density at radius 1 is 1.47 bits per heavy atom. The molecule has 0 atom stereocenters. The molecule has 0 spiro atoms. The van der Waals surface area contributed by atoms with Crippen LogP contribution >= 0.6 is 11.3 Å². The van der Waals surface area contributed by atoms with E-state index in [9.17, 15) is 4.79 Å². The monoisotopic (exact) mass is 277 g/mol. The molecule has 19 heavy (non-hydrogen) atoms. The van der Waals surface area contributed by atoms with Crippen LogP contribution in [0.15, 0.2) is 5.38 Å². The van der Waals surface area contributed by atoms with Crippen LogP contribution in [0.4, 0.5) is 5.13 Å². The van der Waals surface area contributed by atoms with Gasteiger partial charge in [0.25, 0.3) is 0 Å². The van der Waals surface area contributed by atoms with Crippen molar-refractivity contribution in [2.75, 3.05) is 11.9 Å². The van der Waals surface area contributed by atoms with Crippen LogP contribution in [0.25, 0.3) is 11.4 Å². The second-order valence-electron chi connectivity index (χ2n) is 4.65. The topological polar surface area (TPSA) is 57.8 Å². The molecule has 2 rings (SSSR count). The van der Waals surface area contributed by atoms with Crippen LogP contribution in [0.3, 0.4) is 0 Å². The Morgan fingerprint density at radius 3 is 2.79 bits per heavy atom. The van der Waals surface area contributed by atoms with Gasteiger partial charge in [-0.3, -0.25) is 4.79 Å². The maximum atomic E-state index is 11.6. The van der Waals surface area contributed by atoms with E-state index in [1.807, 2.05) is 19.2 Å². The predicted molar refractivity (Wildman–Crippen MR) is 80.2 cm³/mol. The van der Waals surface area contributed by atoms with Gasteiger partial charge in [0.1, 0.15) is 5.69 Å². The molecule has 5 heteroatoms. The van der Waals surface area contributed by atoms with Gasteiger partial charge in [0.2, 0.25) is 0 Å². The molecule has 0 bridgehead atoms. The third-order valence-electron chi connectivity index (χ3n) is 3.08. The molecule has 0 fully saturated rings. The zero-order chi connectivity index (χ0) is 14.0. The minimum atomic E-state index is 0.0945. The molecule has 4 nitrogen and oxygen atoms in total. The molecule has 2 N–H and O–H groups in total. The SMILES string of the molecule is CCCNc1nc(-c2[nH]c(C)c(C(C)=O)c2C)cs1. The number of carbonyl (C=O) groups excluding carboxylic acids is 1. The van der Waals surface area contributed by atoms with Crippen molar-refractivity contribution in [1.82, 2.24) is 9.97 Å². The molecule has 0 aliphatic carbocycles. The third-order valence-corrected chi connectivity index (χ3v) is 3.88. The molecule has 2 heterocycles. The first kappa shape index (κ1) is 13.8. The average molecular weight is 277 g/mol. The highest BCUT2D eigenvalue weighted by Gasteiger charge is 2.17. The maximum absolute atomic E-state index is 11.6. The standard InChI is InChI=1S/C14H19N3OS/c1-5-6-15-14-17-11(7-19-14)13-8(2)12(10(4)18)9(3)16-13/h7,16H,5-6H2,1-4H3,(H,15,17). The summed E-state index contributed by atoms with van der Waals surface area (Å²) in [5.41, 5.74) is 4.53. The Bertz CT molecular complexity index is 598. The van der Waals surface area contributed by atoms with E-state index in [1.54, 1.807) is 18.3 Å². The number of aromatic amines is 1. The average Bonchev–Trinajstić information content (AvgIpc) is 2.91. The van der Waals surface area contributed by atoms with Gasteiger partial charge in [-0.1, -0.05) is 6.92 Å². The number of hydrogen-bond acceptors (Lipinski definition) is 4. The lowest BCUT2D eigenvalue weighted by molar-refractivity contribution is 0.101. The number of nitrogens with zero attached hydrogens (tertiary/aromatic N) is 1. The highest BCUT2D eigenvalue weighted by molar-refractivity contribution is 7.14. The fraction of sp³-hybridized carbons (Fsp3) is 0.429. The van der Waals surface area contributed by atoms with Crippen molar-refractivity contribution in [1.29, 1.82) is 0 Å².